The number of hydrogen-bond acceptors (Lipinski definition) is 4. The van der Waals surface area contributed by atoms with E-state index in [0.29, 0.717) is 11.5 Å². The topological polar surface area (TPSA) is 33.5 Å². The Bertz CT molecular complexity index is 3360. The van der Waals surface area contributed by atoms with E-state index < -0.39 is 5.41 Å². The van der Waals surface area contributed by atoms with Gasteiger partial charge < -0.3 is 19.1 Å². The van der Waals surface area contributed by atoms with Crippen molar-refractivity contribution in [3.05, 3.63) is 197 Å². The molecule has 0 atom stereocenters. The zero-order valence-corrected chi connectivity index (χ0v) is 50.2. The third kappa shape index (κ3) is 10.9. The number of ether oxygens (including phenoxy) is 1. The van der Waals surface area contributed by atoms with Crippen LogP contribution in [0.5, 0.6) is 11.5 Å². The molecule has 0 saturated heterocycles. The van der Waals surface area contributed by atoms with E-state index in [1.165, 1.54) is 38.9 Å². The van der Waals surface area contributed by atoms with Crippen LogP contribution in [0.15, 0.2) is 139 Å². The first-order valence-corrected chi connectivity index (χ1v) is 26.8. The standard InChI is InChI=1S/C69H79N4O.Pt/c1-44(2)55-28-24-29-56(45(3)4)63(55)46-33-52(72-43-71(42-61(72)68(14,15)16)51-36-49(66(8,9)10)35-50(37-51)67(11,12)13)39-53(34-46)74-54-40-58(69(17,18)47-25-20-19-21-26-47)64-57-27-22-23-30-59(57)73(60(64)41-54)62-38-48(31-32-70-62)65(5,6)7;/h19-38,40,42-45H,1-18H3;/q-3;. The summed E-state index contributed by atoms with van der Waals surface area (Å²) in [6, 6.07) is 52.4. The maximum Gasteiger partial charge on any atom is 0.135 e. The minimum atomic E-state index is -0.432. The minimum Gasteiger partial charge on any atom is -0.509 e. The molecule has 1 aliphatic rings. The number of anilines is 2. The normalized spacial score (nSPS) is 13.8. The van der Waals surface area contributed by atoms with E-state index in [9.17, 15) is 0 Å². The Hall–Kier alpha value is -5.90. The van der Waals surface area contributed by atoms with Crippen molar-refractivity contribution in [2.24, 2.45) is 5.41 Å². The van der Waals surface area contributed by atoms with E-state index >= 15 is 0 Å². The molecule has 2 aromatic heterocycles. The molecule has 0 saturated carbocycles. The number of pyridine rings is 1. The predicted octanol–water partition coefficient (Wildman–Crippen LogP) is 19.0. The van der Waals surface area contributed by atoms with Crippen LogP contribution < -0.4 is 14.5 Å². The van der Waals surface area contributed by atoms with Gasteiger partial charge in [-0.15, -0.1) is 53.8 Å². The molecular formula is C69H79N4OPt-3. The molecule has 0 N–H and O–H groups in total. The predicted molar refractivity (Wildman–Crippen MR) is 314 cm³/mol. The quantitative estimate of drug-likeness (QED) is 0.128. The van der Waals surface area contributed by atoms with Crippen molar-refractivity contribution in [1.82, 2.24) is 9.55 Å². The molecular weight excluding hydrogens is 1100 g/mol. The van der Waals surface area contributed by atoms with Crippen LogP contribution in [-0.4, -0.2) is 9.55 Å². The maximum atomic E-state index is 7.41. The van der Waals surface area contributed by atoms with Gasteiger partial charge in [-0.1, -0.05) is 208 Å². The maximum absolute atomic E-state index is 7.41. The smallest absolute Gasteiger partial charge is 0.135 e. The van der Waals surface area contributed by atoms with Crippen LogP contribution in [0.4, 0.5) is 11.4 Å². The van der Waals surface area contributed by atoms with E-state index in [2.05, 4.69) is 285 Å². The molecule has 6 heteroatoms. The third-order valence-electron chi connectivity index (χ3n) is 15.1. The third-order valence-corrected chi connectivity index (χ3v) is 15.1. The second-order valence-corrected chi connectivity index (χ2v) is 26.0. The van der Waals surface area contributed by atoms with Gasteiger partial charge in [-0.2, -0.15) is 0 Å². The van der Waals surface area contributed by atoms with Gasteiger partial charge in [-0.3, -0.25) is 0 Å². The first kappa shape index (κ1) is 55.3. The van der Waals surface area contributed by atoms with Gasteiger partial charge in [0, 0.05) is 61.1 Å². The molecule has 1 aliphatic heterocycles. The molecule has 9 rings (SSSR count). The monoisotopic (exact) mass is 1170 g/mol. The average Bonchev–Trinajstić information content (AvgIpc) is 3.94. The van der Waals surface area contributed by atoms with Crippen molar-refractivity contribution in [2.75, 3.05) is 9.80 Å². The van der Waals surface area contributed by atoms with Crippen LogP contribution in [0, 0.1) is 24.2 Å². The molecule has 0 bridgehead atoms. The fourth-order valence-corrected chi connectivity index (χ4v) is 10.6. The van der Waals surface area contributed by atoms with Crippen LogP contribution in [0.25, 0.3) is 38.8 Å². The fraction of sp³-hybridized carbons (Fsp3) is 0.362. The second kappa shape index (κ2) is 20.2. The average molecular weight is 1180 g/mol. The van der Waals surface area contributed by atoms with Gasteiger partial charge in [0.05, 0.1) is 0 Å². The van der Waals surface area contributed by atoms with Gasteiger partial charge >= 0.3 is 0 Å². The van der Waals surface area contributed by atoms with Gasteiger partial charge in [-0.25, -0.2) is 4.98 Å². The van der Waals surface area contributed by atoms with Crippen molar-refractivity contribution in [3.63, 3.8) is 0 Å². The first-order valence-electron chi connectivity index (χ1n) is 26.8. The molecule has 0 radical (unpaired) electrons. The van der Waals surface area contributed by atoms with Crippen molar-refractivity contribution in [1.29, 1.82) is 0 Å². The molecule has 75 heavy (non-hydrogen) atoms. The van der Waals surface area contributed by atoms with Crippen molar-refractivity contribution in [3.8, 4) is 28.4 Å². The molecule has 3 heterocycles. The summed E-state index contributed by atoms with van der Waals surface area (Å²) in [7, 11) is 0. The number of para-hydroxylation sites is 1. The van der Waals surface area contributed by atoms with Gasteiger partial charge in [0.15, 0.2) is 0 Å². The number of fused-ring (bicyclic) bond motifs is 3. The molecule has 6 aromatic carbocycles. The Morgan fingerprint density at radius 3 is 1.73 bits per heavy atom. The van der Waals surface area contributed by atoms with Crippen LogP contribution in [0.1, 0.15) is 175 Å². The SMILES string of the molecule is CC(C)c1cccc(C(C)C)c1-c1cc(Oc2[c-]c3c(c(C(C)(C)c4ccccc4)c2)c2ccccc2n3-c2cc(C(C)(C)C)ccn2)[c-]c(N2[CH-]N(c3cc(C(C)(C)C)cc(C(C)(C)C)c3)C=C2C(C)(C)C)c1.[Pt]. The Morgan fingerprint density at radius 2 is 1.15 bits per heavy atom. The summed E-state index contributed by atoms with van der Waals surface area (Å²) in [5.41, 5.74) is 15.5. The number of rotatable bonds is 10. The molecule has 394 valence electrons. The van der Waals surface area contributed by atoms with E-state index in [1.54, 1.807) is 0 Å². The Balaban J connectivity index is 0.00000747. The van der Waals surface area contributed by atoms with E-state index in [4.69, 9.17) is 9.72 Å². The summed E-state index contributed by atoms with van der Waals surface area (Å²) >= 11 is 0. The zero-order chi connectivity index (χ0) is 53.4. The molecule has 0 fully saturated rings. The van der Waals surface area contributed by atoms with Gasteiger partial charge in [-0.05, 0) is 114 Å². The van der Waals surface area contributed by atoms with E-state index in [0.717, 1.165) is 55.8 Å². The second-order valence-electron chi connectivity index (χ2n) is 26.0. The molecule has 0 unspecified atom stereocenters. The molecule has 0 amide bonds. The number of benzene rings is 6. The number of aromatic nitrogens is 2. The van der Waals surface area contributed by atoms with E-state index in [-0.39, 0.29) is 54.6 Å². The fourth-order valence-electron chi connectivity index (χ4n) is 10.6. The summed E-state index contributed by atoms with van der Waals surface area (Å²) in [5.74, 6) is 2.65. The molecule has 5 nitrogen and oxygen atoms in total. The van der Waals surface area contributed by atoms with Gasteiger partial charge in [0.2, 0.25) is 0 Å². The largest absolute Gasteiger partial charge is 0.509 e. The Morgan fingerprint density at radius 1 is 0.560 bits per heavy atom. The van der Waals surface area contributed by atoms with Crippen LogP contribution in [-0.2, 0) is 42.7 Å². The van der Waals surface area contributed by atoms with Crippen LogP contribution in [0.3, 0.4) is 0 Å². The summed E-state index contributed by atoms with van der Waals surface area (Å²) < 4.78 is 9.69. The Kier molecular flexibility index (Phi) is 14.9. The van der Waals surface area contributed by atoms with Gasteiger partial charge in [0.1, 0.15) is 5.82 Å². The van der Waals surface area contributed by atoms with Gasteiger partial charge in [0.25, 0.3) is 0 Å². The van der Waals surface area contributed by atoms with Crippen molar-refractivity contribution >= 4 is 33.2 Å². The molecule has 8 aromatic rings. The summed E-state index contributed by atoms with van der Waals surface area (Å²) in [4.78, 5) is 9.72. The summed E-state index contributed by atoms with van der Waals surface area (Å²) in [5, 5.41) is 2.28. The number of hydrogen-bond donors (Lipinski definition) is 0. The van der Waals surface area contributed by atoms with E-state index in [1.807, 2.05) is 6.20 Å². The Labute approximate surface area is 464 Å². The van der Waals surface area contributed by atoms with Crippen LogP contribution >= 0.6 is 0 Å². The molecule has 0 aliphatic carbocycles. The summed E-state index contributed by atoms with van der Waals surface area (Å²) in [6.07, 6.45) is 4.26. The molecule has 0 spiro atoms. The van der Waals surface area contributed by atoms with Crippen molar-refractivity contribution in [2.45, 2.75) is 158 Å². The van der Waals surface area contributed by atoms with Crippen molar-refractivity contribution < 1.29 is 25.8 Å². The minimum absolute atomic E-state index is 0. The zero-order valence-electron chi connectivity index (χ0n) is 47.9. The number of allylic oxidation sites excluding steroid dienone is 1. The number of nitrogens with zero attached hydrogens (tertiary/aromatic N) is 4. The summed E-state index contributed by atoms with van der Waals surface area (Å²) in [6.45, 7) is 43.6. The first-order chi connectivity index (χ1) is 34.6. The van der Waals surface area contributed by atoms with Crippen LogP contribution in [0.2, 0.25) is 0 Å².